The highest BCUT2D eigenvalue weighted by atomic mass is 32.2. The molecular weight excluding hydrogens is 310 g/mol. The number of aromatic nitrogens is 1. The van der Waals surface area contributed by atoms with Gasteiger partial charge in [-0.25, -0.2) is 17.7 Å². The molecule has 2 aliphatic rings. The quantitative estimate of drug-likeness (QED) is 0.866. The van der Waals surface area contributed by atoms with E-state index in [1.807, 2.05) is 10.9 Å². The summed E-state index contributed by atoms with van der Waals surface area (Å²) in [5, 5.41) is 12.8. The summed E-state index contributed by atoms with van der Waals surface area (Å²) in [5.41, 5.74) is 2.16. The lowest BCUT2D eigenvalue weighted by molar-refractivity contribution is -0.103. The molecule has 0 saturated carbocycles. The number of sulfonamides is 1. The molecule has 1 N–H and O–H groups in total. The van der Waals surface area contributed by atoms with Crippen molar-refractivity contribution in [2.24, 2.45) is 5.92 Å². The Bertz CT molecular complexity index is 590. The van der Waals surface area contributed by atoms with Gasteiger partial charge in [0.2, 0.25) is 10.0 Å². The topological polar surface area (TPSA) is 73.7 Å². The predicted octanol–water partition coefficient (Wildman–Crippen LogP) is 0.361. The van der Waals surface area contributed by atoms with Gasteiger partial charge in [0, 0.05) is 44.0 Å². The molecule has 3 rings (SSSR count). The Hall–Kier alpha value is -0.540. The van der Waals surface area contributed by atoms with Crippen molar-refractivity contribution in [3.05, 3.63) is 16.6 Å². The molecule has 3 heterocycles. The van der Waals surface area contributed by atoms with E-state index in [0.29, 0.717) is 25.9 Å². The Morgan fingerprint density at radius 2 is 2.19 bits per heavy atom. The van der Waals surface area contributed by atoms with Crippen LogP contribution in [0.3, 0.4) is 0 Å². The minimum Gasteiger partial charge on any atom is -0.389 e. The van der Waals surface area contributed by atoms with Gasteiger partial charge in [-0.1, -0.05) is 0 Å². The first-order valence-corrected chi connectivity index (χ1v) is 9.93. The predicted molar refractivity (Wildman–Crippen MR) is 81.5 cm³/mol. The van der Waals surface area contributed by atoms with Crippen LogP contribution in [0.5, 0.6) is 0 Å². The van der Waals surface area contributed by atoms with Crippen LogP contribution in [-0.4, -0.2) is 65.7 Å². The average Bonchev–Trinajstić information content (AvgIpc) is 2.90. The molecule has 21 heavy (non-hydrogen) atoms. The molecule has 2 aliphatic heterocycles. The van der Waals surface area contributed by atoms with E-state index in [0.717, 1.165) is 25.3 Å². The zero-order valence-electron chi connectivity index (χ0n) is 12.1. The van der Waals surface area contributed by atoms with Gasteiger partial charge in [0.05, 0.1) is 23.1 Å². The Labute approximate surface area is 129 Å². The van der Waals surface area contributed by atoms with Crippen molar-refractivity contribution < 1.29 is 13.5 Å². The molecule has 0 amide bonds. The number of piperidine rings is 2. The monoisotopic (exact) mass is 331 g/mol. The summed E-state index contributed by atoms with van der Waals surface area (Å²) in [7, 11) is -3.18. The van der Waals surface area contributed by atoms with Gasteiger partial charge in [-0.3, -0.25) is 4.90 Å². The van der Waals surface area contributed by atoms with Gasteiger partial charge in [-0.05, 0) is 12.8 Å². The van der Waals surface area contributed by atoms with Gasteiger partial charge in [-0.15, -0.1) is 11.3 Å². The molecule has 1 aromatic heterocycles. The second-order valence-corrected chi connectivity index (χ2v) is 8.84. The van der Waals surface area contributed by atoms with Crippen LogP contribution in [0.2, 0.25) is 0 Å². The summed E-state index contributed by atoms with van der Waals surface area (Å²) in [4.78, 5) is 6.56. The third-order valence-corrected chi connectivity index (χ3v) is 6.56. The Morgan fingerprint density at radius 1 is 1.43 bits per heavy atom. The Kier molecular flexibility index (Phi) is 4.08. The van der Waals surface area contributed by atoms with E-state index in [4.69, 9.17) is 0 Å². The molecule has 2 saturated heterocycles. The molecule has 118 valence electrons. The Balaban J connectivity index is 1.69. The number of likely N-dealkylation sites (tertiary alicyclic amines) is 1. The van der Waals surface area contributed by atoms with Crippen LogP contribution >= 0.6 is 11.3 Å². The van der Waals surface area contributed by atoms with Crippen LogP contribution in [0.4, 0.5) is 0 Å². The molecule has 0 radical (unpaired) electrons. The molecule has 0 aliphatic carbocycles. The fraction of sp³-hybridized carbons (Fsp3) is 0.769. The molecule has 8 heteroatoms. The van der Waals surface area contributed by atoms with Gasteiger partial charge < -0.3 is 5.11 Å². The summed E-state index contributed by atoms with van der Waals surface area (Å²) in [5.74, 6) is -0.0200. The molecule has 0 unspecified atom stereocenters. The summed E-state index contributed by atoms with van der Waals surface area (Å²) in [6.45, 7) is 3.18. The van der Waals surface area contributed by atoms with E-state index >= 15 is 0 Å². The highest BCUT2D eigenvalue weighted by Crippen LogP contribution is 2.36. The average molecular weight is 331 g/mol. The van der Waals surface area contributed by atoms with Gasteiger partial charge in [0.15, 0.2) is 0 Å². The lowest BCUT2D eigenvalue weighted by Crippen LogP contribution is -2.60. The van der Waals surface area contributed by atoms with Crippen molar-refractivity contribution in [1.29, 1.82) is 0 Å². The highest BCUT2D eigenvalue weighted by molar-refractivity contribution is 7.88. The fourth-order valence-electron chi connectivity index (χ4n) is 3.33. The lowest BCUT2D eigenvalue weighted by Gasteiger charge is -2.49. The molecular formula is C13H21N3O3S2. The van der Waals surface area contributed by atoms with Crippen LogP contribution in [0.15, 0.2) is 10.9 Å². The molecule has 6 nitrogen and oxygen atoms in total. The summed E-state index contributed by atoms with van der Waals surface area (Å²) < 4.78 is 24.9. The first-order valence-electron chi connectivity index (χ1n) is 7.14. The molecule has 0 aromatic carbocycles. The largest absolute Gasteiger partial charge is 0.389 e. The van der Waals surface area contributed by atoms with E-state index < -0.39 is 15.6 Å². The smallest absolute Gasteiger partial charge is 0.211 e. The molecule has 2 fully saturated rings. The van der Waals surface area contributed by atoms with Crippen molar-refractivity contribution >= 4 is 21.4 Å². The molecule has 0 bridgehead atoms. The standard InChI is InChI=1S/C13H21N3O3S2/c1-21(18,19)16-5-3-13(17)2-4-15(6-11(13)7-16)8-12-9-20-10-14-12/h9-11,17H,2-8H2,1H3/t11-,13-/m1/s1. The number of thiazole rings is 1. The van der Waals surface area contributed by atoms with Crippen LogP contribution < -0.4 is 0 Å². The molecule has 2 atom stereocenters. The van der Waals surface area contributed by atoms with Crippen molar-refractivity contribution in [3.8, 4) is 0 Å². The number of nitrogens with zero attached hydrogens (tertiary/aromatic N) is 3. The fourth-order valence-corrected chi connectivity index (χ4v) is 4.75. The second-order valence-electron chi connectivity index (χ2n) is 6.14. The minimum absolute atomic E-state index is 0.0200. The van der Waals surface area contributed by atoms with Gasteiger partial charge >= 0.3 is 0 Å². The van der Waals surface area contributed by atoms with E-state index in [1.165, 1.54) is 10.6 Å². The van der Waals surface area contributed by atoms with Crippen molar-refractivity contribution in [1.82, 2.24) is 14.2 Å². The van der Waals surface area contributed by atoms with Gasteiger partial charge in [-0.2, -0.15) is 0 Å². The van der Waals surface area contributed by atoms with Crippen LogP contribution in [-0.2, 0) is 16.6 Å². The maximum atomic E-state index is 11.7. The first kappa shape index (κ1) is 15.4. The summed E-state index contributed by atoms with van der Waals surface area (Å²) in [6.07, 6.45) is 2.49. The number of aliphatic hydroxyl groups is 1. The highest BCUT2D eigenvalue weighted by Gasteiger charge is 2.46. The second kappa shape index (κ2) is 5.58. The summed E-state index contributed by atoms with van der Waals surface area (Å²) in [6, 6.07) is 0. The maximum Gasteiger partial charge on any atom is 0.211 e. The third kappa shape index (κ3) is 3.29. The van der Waals surface area contributed by atoms with Crippen LogP contribution in [0.25, 0.3) is 0 Å². The number of hydrogen-bond acceptors (Lipinski definition) is 6. The SMILES string of the molecule is CS(=O)(=O)N1CC[C@]2(O)CCN(Cc3cscn3)C[C@@H]2C1. The number of fused-ring (bicyclic) bond motifs is 1. The molecule has 0 spiro atoms. The van der Waals surface area contributed by atoms with Gasteiger partial charge in [0.25, 0.3) is 0 Å². The number of hydrogen-bond donors (Lipinski definition) is 1. The van der Waals surface area contributed by atoms with Crippen molar-refractivity contribution in [2.75, 3.05) is 32.4 Å². The van der Waals surface area contributed by atoms with Gasteiger partial charge in [0.1, 0.15) is 0 Å². The maximum absolute atomic E-state index is 11.7. The Morgan fingerprint density at radius 3 is 2.86 bits per heavy atom. The van der Waals surface area contributed by atoms with E-state index in [1.54, 1.807) is 11.3 Å². The zero-order valence-corrected chi connectivity index (χ0v) is 13.7. The number of rotatable bonds is 3. The van der Waals surface area contributed by atoms with E-state index in [-0.39, 0.29) is 5.92 Å². The summed E-state index contributed by atoms with van der Waals surface area (Å²) >= 11 is 1.58. The van der Waals surface area contributed by atoms with Crippen LogP contribution in [0, 0.1) is 5.92 Å². The van der Waals surface area contributed by atoms with E-state index in [9.17, 15) is 13.5 Å². The normalized spacial score (nSPS) is 32.0. The lowest BCUT2D eigenvalue weighted by atomic mass is 9.76. The zero-order chi connectivity index (χ0) is 15.1. The van der Waals surface area contributed by atoms with Crippen LogP contribution in [0.1, 0.15) is 18.5 Å². The van der Waals surface area contributed by atoms with Crippen molar-refractivity contribution in [3.63, 3.8) is 0 Å². The molecule has 1 aromatic rings. The van der Waals surface area contributed by atoms with E-state index in [2.05, 4.69) is 9.88 Å². The minimum atomic E-state index is -3.18. The third-order valence-electron chi connectivity index (χ3n) is 4.66. The first-order chi connectivity index (χ1) is 9.87. The van der Waals surface area contributed by atoms with Crippen molar-refractivity contribution in [2.45, 2.75) is 25.0 Å².